The molecule has 1 aliphatic rings. The van der Waals surface area contributed by atoms with Crippen molar-refractivity contribution >= 4 is 28.7 Å². The highest BCUT2D eigenvalue weighted by molar-refractivity contribution is 7.13. The maximum absolute atomic E-state index is 12.3. The molecule has 0 aliphatic heterocycles. The monoisotopic (exact) mass is 335 g/mol. The summed E-state index contributed by atoms with van der Waals surface area (Å²) in [6, 6.07) is 0. The lowest BCUT2D eigenvalue weighted by molar-refractivity contribution is -0.117. The van der Waals surface area contributed by atoms with Gasteiger partial charge in [0.15, 0.2) is 5.78 Å². The van der Waals surface area contributed by atoms with Gasteiger partial charge in [-0.3, -0.25) is 14.4 Å². The van der Waals surface area contributed by atoms with E-state index in [9.17, 15) is 14.4 Å². The number of carbonyl (C=O) groups excluding carboxylic acids is 3. The molecule has 23 heavy (non-hydrogen) atoms. The molecule has 1 aromatic heterocycles. The number of carbonyl (C=O) groups is 3. The van der Waals surface area contributed by atoms with Crippen LogP contribution >= 0.6 is 11.3 Å². The summed E-state index contributed by atoms with van der Waals surface area (Å²) in [6.07, 6.45) is 11.1. The van der Waals surface area contributed by atoms with E-state index in [1.165, 1.54) is 44.0 Å². The predicted molar refractivity (Wildman–Crippen MR) is 91.1 cm³/mol. The Balaban J connectivity index is 1.69. The Labute approximate surface area is 141 Å². The van der Waals surface area contributed by atoms with Gasteiger partial charge in [0.05, 0.1) is 11.4 Å². The molecule has 1 aromatic rings. The third-order valence-corrected chi connectivity index (χ3v) is 5.29. The van der Waals surface area contributed by atoms with Crippen LogP contribution in [0.15, 0.2) is 5.51 Å². The molecule has 0 spiro atoms. The Morgan fingerprint density at radius 3 is 2.17 bits per heavy atom. The van der Waals surface area contributed by atoms with Gasteiger partial charge in [-0.25, -0.2) is 4.98 Å². The number of ketones is 3. The summed E-state index contributed by atoms with van der Waals surface area (Å²) in [7, 11) is 0. The Kier molecular flexibility index (Phi) is 7.09. The van der Waals surface area contributed by atoms with Crippen molar-refractivity contribution in [2.45, 2.75) is 71.1 Å². The molecule has 0 saturated carbocycles. The molecule has 0 radical (unpaired) electrons. The molecule has 126 valence electrons. The van der Waals surface area contributed by atoms with Crippen LogP contribution in [0.4, 0.5) is 0 Å². The molecule has 1 heterocycles. The first kappa shape index (κ1) is 18.0. The molecule has 4 nitrogen and oxygen atoms in total. The normalized spacial score (nSPS) is 17.6. The Hall–Kier alpha value is -1.36. The van der Waals surface area contributed by atoms with Crippen LogP contribution in [0.3, 0.4) is 0 Å². The van der Waals surface area contributed by atoms with Gasteiger partial charge >= 0.3 is 0 Å². The predicted octanol–water partition coefficient (Wildman–Crippen LogP) is 4.63. The molecule has 1 atom stereocenters. The summed E-state index contributed by atoms with van der Waals surface area (Å²) in [5.74, 6) is -2.11. The van der Waals surface area contributed by atoms with Gasteiger partial charge in [-0.2, -0.15) is 0 Å². The van der Waals surface area contributed by atoms with E-state index in [1.807, 2.05) is 0 Å². The van der Waals surface area contributed by atoms with Crippen LogP contribution in [0.25, 0.3) is 0 Å². The van der Waals surface area contributed by atoms with Crippen molar-refractivity contribution in [2.24, 2.45) is 5.92 Å². The number of hydrogen-bond donors (Lipinski definition) is 0. The fourth-order valence-corrected chi connectivity index (χ4v) is 3.79. The zero-order valence-corrected chi connectivity index (χ0v) is 14.6. The zero-order chi connectivity index (χ0) is 16.7. The summed E-state index contributed by atoms with van der Waals surface area (Å²) in [6.45, 7) is 2.22. The van der Waals surface area contributed by atoms with Gasteiger partial charge < -0.3 is 0 Å². The maximum atomic E-state index is 12.3. The lowest BCUT2D eigenvalue weighted by Crippen LogP contribution is -2.36. The van der Waals surface area contributed by atoms with Crippen molar-refractivity contribution in [3.8, 4) is 0 Å². The van der Waals surface area contributed by atoms with Crippen LogP contribution in [0.5, 0.6) is 0 Å². The number of nitrogens with zero attached hydrogens (tertiary/aromatic N) is 1. The lowest BCUT2D eigenvalue weighted by atomic mass is 9.84. The fraction of sp³-hybridized carbons (Fsp3) is 0.667. The van der Waals surface area contributed by atoms with E-state index in [0.717, 1.165) is 30.6 Å². The maximum Gasteiger partial charge on any atom is 0.241 e. The molecule has 0 N–H and O–H groups in total. The highest BCUT2D eigenvalue weighted by Crippen LogP contribution is 2.28. The lowest BCUT2D eigenvalue weighted by Gasteiger charge is -2.17. The number of Topliss-reactive ketones (excluding diaryl/α,β-unsaturated/α-hetero) is 3. The molecule has 1 aliphatic carbocycles. The summed E-state index contributed by atoms with van der Waals surface area (Å²) in [5, 5.41) is 0. The molecule has 0 saturated heterocycles. The van der Waals surface area contributed by atoms with E-state index in [0.29, 0.717) is 6.42 Å². The van der Waals surface area contributed by atoms with Gasteiger partial charge in [0.1, 0.15) is 10.6 Å². The van der Waals surface area contributed by atoms with Crippen molar-refractivity contribution in [3.63, 3.8) is 0 Å². The zero-order valence-electron chi connectivity index (χ0n) is 13.8. The van der Waals surface area contributed by atoms with Gasteiger partial charge in [-0.1, -0.05) is 64.7 Å². The first-order valence-electron chi connectivity index (χ1n) is 8.73. The third kappa shape index (κ3) is 4.56. The Bertz CT molecular complexity index is 564. The summed E-state index contributed by atoms with van der Waals surface area (Å²) in [4.78, 5) is 40.5. The average Bonchev–Trinajstić information content (AvgIpc) is 3.04. The molecular formula is C18H25NO3S. The number of thiazole rings is 1. The number of hydrogen-bond acceptors (Lipinski definition) is 5. The van der Waals surface area contributed by atoms with Gasteiger partial charge in [0.25, 0.3) is 0 Å². The second kappa shape index (κ2) is 9.06. The van der Waals surface area contributed by atoms with E-state index < -0.39 is 17.5 Å². The number of unbranched alkanes of at least 4 members (excludes halogenated alkanes) is 8. The minimum absolute atomic E-state index is 0.209. The smallest absolute Gasteiger partial charge is 0.241 e. The number of aromatic nitrogens is 1. The molecule has 0 amide bonds. The van der Waals surface area contributed by atoms with Crippen molar-refractivity contribution in [1.82, 2.24) is 4.98 Å². The van der Waals surface area contributed by atoms with E-state index in [1.54, 1.807) is 0 Å². The SMILES string of the molecule is CCCCCCCCCCCC1C(=O)C(=O)c2scnc2C1=O. The van der Waals surface area contributed by atoms with Gasteiger partial charge in [-0.15, -0.1) is 11.3 Å². The van der Waals surface area contributed by atoms with E-state index >= 15 is 0 Å². The van der Waals surface area contributed by atoms with Crippen molar-refractivity contribution < 1.29 is 14.4 Å². The Morgan fingerprint density at radius 2 is 1.52 bits per heavy atom. The molecule has 0 fully saturated rings. The standard InChI is InChI=1S/C18H25NO3S/c1-2-3-4-5-6-7-8-9-10-11-13-15(20)14-18(23-12-19-14)17(22)16(13)21/h12-13H,2-11H2,1H3. The van der Waals surface area contributed by atoms with E-state index in [-0.39, 0.29) is 16.4 Å². The molecule has 0 aromatic carbocycles. The minimum atomic E-state index is -0.790. The molecular weight excluding hydrogens is 310 g/mol. The van der Waals surface area contributed by atoms with Crippen LogP contribution in [0.1, 0.15) is 91.3 Å². The summed E-state index contributed by atoms with van der Waals surface area (Å²) < 4.78 is 0. The van der Waals surface area contributed by atoms with Crippen molar-refractivity contribution in [2.75, 3.05) is 0 Å². The largest absolute Gasteiger partial charge is 0.292 e. The van der Waals surface area contributed by atoms with E-state index in [4.69, 9.17) is 0 Å². The minimum Gasteiger partial charge on any atom is -0.292 e. The van der Waals surface area contributed by atoms with Crippen LogP contribution in [-0.2, 0) is 4.79 Å². The molecule has 1 unspecified atom stereocenters. The first-order chi connectivity index (χ1) is 11.2. The first-order valence-corrected chi connectivity index (χ1v) is 9.61. The fourth-order valence-electron chi connectivity index (χ4n) is 3.06. The summed E-state index contributed by atoms with van der Waals surface area (Å²) in [5.41, 5.74) is 1.68. The van der Waals surface area contributed by atoms with Crippen LogP contribution in [-0.4, -0.2) is 22.3 Å². The quantitative estimate of drug-likeness (QED) is 0.355. The molecule has 0 bridgehead atoms. The second-order valence-electron chi connectivity index (χ2n) is 6.26. The van der Waals surface area contributed by atoms with Gasteiger partial charge in [0.2, 0.25) is 11.6 Å². The highest BCUT2D eigenvalue weighted by atomic mass is 32.1. The average molecular weight is 335 g/mol. The van der Waals surface area contributed by atoms with Gasteiger partial charge in [0, 0.05) is 0 Å². The summed E-state index contributed by atoms with van der Waals surface area (Å²) >= 11 is 1.08. The van der Waals surface area contributed by atoms with Crippen LogP contribution in [0, 0.1) is 5.92 Å². The van der Waals surface area contributed by atoms with Crippen LogP contribution in [0.2, 0.25) is 0 Å². The van der Waals surface area contributed by atoms with Crippen LogP contribution < -0.4 is 0 Å². The number of rotatable bonds is 10. The van der Waals surface area contributed by atoms with Crippen molar-refractivity contribution in [3.05, 3.63) is 16.1 Å². The third-order valence-electron chi connectivity index (χ3n) is 4.46. The number of fused-ring (bicyclic) bond motifs is 1. The van der Waals surface area contributed by atoms with Crippen molar-refractivity contribution in [1.29, 1.82) is 0 Å². The highest BCUT2D eigenvalue weighted by Gasteiger charge is 2.41. The topological polar surface area (TPSA) is 64.1 Å². The second-order valence-corrected chi connectivity index (χ2v) is 7.11. The van der Waals surface area contributed by atoms with Gasteiger partial charge in [-0.05, 0) is 6.42 Å². The van der Waals surface area contributed by atoms with E-state index in [2.05, 4.69) is 11.9 Å². The molecule has 2 rings (SSSR count). The molecule has 5 heteroatoms. The Morgan fingerprint density at radius 1 is 0.913 bits per heavy atom.